The van der Waals surface area contributed by atoms with Crippen molar-refractivity contribution < 1.29 is 14.7 Å². The molecule has 2 N–H and O–H groups in total. The Morgan fingerprint density at radius 1 is 1.61 bits per heavy atom. The zero-order chi connectivity index (χ0) is 13.3. The molecule has 1 aliphatic rings. The number of aromatic carboxylic acids is 1. The second-order valence-electron chi connectivity index (χ2n) is 3.97. The molecule has 1 unspecified atom stereocenters. The van der Waals surface area contributed by atoms with Gasteiger partial charge in [0.05, 0.1) is 5.02 Å². The van der Waals surface area contributed by atoms with E-state index >= 15 is 0 Å². The topological polar surface area (TPSA) is 82.5 Å². The molecule has 1 fully saturated rings. The van der Waals surface area contributed by atoms with E-state index in [0.29, 0.717) is 18.9 Å². The minimum absolute atomic E-state index is 0.0837. The third kappa shape index (κ3) is 2.24. The summed E-state index contributed by atoms with van der Waals surface area (Å²) in [5.74, 6) is -0.843. The molecular formula is C11H12ClN3O3. The first-order chi connectivity index (χ1) is 8.50. The zero-order valence-corrected chi connectivity index (χ0v) is 10.4. The van der Waals surface area contributed by atoms with E-state index < -0.39 is 5.97 Å². The summed E-state index contributed by atoms with van der Waals surface area (Å²) in [4.78, 5) is 28.2. The van der Waals surface area contributed by atoms with Crippen LogP contribution in [-0.4, -0.2) is 41.1 Å². The molecular weight excluding hydrogens is 258 g/mol. The van der Waals surface area contributed by atoms with Crippen LogP contribution in [0.3, 0.4) is 0 Å². The maximum Gasteiger partial charge on any atom is 0.356 e. The SMILES string of the molecule is CC1C(=O)NCCN1c1ccc(Cl)c(C(=O)O)n1. The number of carboxylic acid groups (broad SMARTS) is 1. The van der Waals surface area contributed by atoms with Gasteiger partial charge in [-0.25, -0.2) is 9.78 Å². The normalized spacial score (nSPS) is 19.6. The van der Waals surface area contributed by atoms with Gasteiger partial charge in [0.1, 0.15) is 11.9 Å². The molecule has 0 spiro atoms. The average molecular weight is 270 g/mol. The summed E-state index contributed by atoms with van der Waals surface area (Å²) < 4.78 is 0. The lowest BCUT2D eigenvalue weighted by molar-refractivity contribution is -0.122. The van der Waals surface area contributed by atoms with E-state index in [4.69, 9.17) is 16.7 Å². The van der Waals surface area contributed by atoms with Crippen LogP contribution in [0.1, 0.15) is 17.4 Å². The maximum atomic E-state index is 11.5. The lowest BCUT2D eigenvalue weighted by Crippen LogP contribution is -2.54. The van der Waals surface area contributed by atoms with Crippen molar-refractivity contribution in [2.45, 2.75) is 13.0 Å². The van der Waals surface area contributed by atoms with E-state index in [1.807, 2.05) is 0 Å². The Balaban J connectivity index is 2.36. The van der Waals surface area contributed by atoms with Gasteiger partial charge in [0, 0.05) is 13.1 Å². The van der Waals surface area contributed by atoms with Crippen molar-refractivity contribution in [2.75, 3.05) is 18.0 Å². The highest BCUT2D eigenvalue weighted by Gasteiger charge is 2.27. The van der Waals surface area contributed by atoms with Gasteiger partial charge in [0.2, 0.25) is 5.91 Å². The van der Waals surface area contributed by atoms with Gasteiger partial charge in [-0.2, -0.15) is 0 Å². The molecule has 7 heteroatoms. The van der Waals surface area contributed by atoms with Gasteiger partial charge in [-0.15, -0.1) is 0 Å². The van der Waals surface area contributed by atoms with Crippen molar-refractivity contribution in [2.24, 2.45) is 0 Å². The zero-order valence-electron chi connectivity index (χ0n) is 9.68. The van der Waals surface area contributed by atoms with Crippen molar-refractivity contribution in [3.8, 4) is 0 Å². The number of nitrogens with one attached hydrogen (secondary N) is 1. The number of piperazine rings is 1. The summed E-state index contributed by atoms with van der Waals surface area (Å²) >= 11 is 5.75. The molecule has 0 aliphatic carbocycles. The summed E-state index contributed by atoms with van der Waals surface area (Å²) in [6.45, 7) is 2.84. The summed E-state index contributed by atoms with van der Waals surface area (Å²) in [5, 5.41) is 11.8. The van der Waals surface area contributed by atoms with E-state index in [-0.39, 0.29) is 22.7 Å². The van der Waals surface area contributed by atoms with Gasteiger partial charge in [-0.3, -0.25) is 4.79 Å². The van der Waals surface area contributed by atoms with Crippen LogP contribution in [0.2, 0.25) is 5.02 Å². The number of anilines is 1. The number of pyridine rings is 1. The fraction of sp³-hybridized carbons (Fsp3) is 0.364. The number of hydrogen-bond donors (Lipinski definition) is 2. The van der Waals surface area contributed by atoms with Crippen LogP contribution in [-0.2, 0) is 4.79 Å². The fourth-order valence-corrected chi connectivity index (χ4v) is 2.02. The fourth-order valence-electron chi connectivity index (χ4n) is 1.84. The third-order valence-electron chi connectivity index (χ3n) is 2.83. The maximum absolute atomic E-state index is 11.5. The lowest BCUT2D eigenvalue weighted by Gasteiger charge is -2.33. The molecule has 0 saturated carbocycles. The number of carboxylic acids is 1. The van der Waals surface area contributed by atoms with Crippen LogP contribution in [0.25, 0.3) is 0 Å². The van der Waals surface area contributed by atoms with Gasteiger partial charge in [-0.05, 0) is 19.1 Å². The van der Waals surface area contributed by atoms with Crippen LogP contribution in [0.4, 0.5) is 5.82 Å². The van der Waals surface area contributed by atoms with E-state index in [1.165, 1.54) is 6.07 Å². The molecule has 1 aromatic rings. The summed E-state index contributed by atoms with van der Waals surface area (Å²) in [6, 6.07) is 2.71. The molecule has 1 aliphatic heterocycles. The first-order valence-electron chi connectivity index (χ1n) is 5.45. The van der Waals surface area contributed by atoms with Crippen molar-refractivity contribution in [1.29, 1.82) is 0 Å². The van der Waals surface area contributed by atoms with Crippen LogP contribution in [0.15, 0.2) is 12.1 Å². The van der Waals surface area contributed by atoms with Crippen molar-refractivity contribution in [3.63, 3.8) is 0 Å². The van der Waals surface area contributed by atoms with Gasteiger partial charge in [0.15, 0.2) is 5.69 Å². The standard InChI is InChI=1S/C11H12ClN3O3/c1-6-10(16)13-4-5-15(6)8-3-2-7(12)9(14-8)11(17)18/h2-3,6H,4-5H2,1H3,(H,13,16)(H,17,18). The van der Waals surface area contributed by atoms with Gasteiger partial charge in [-0.1, -0.05) is 11.6 Å². The molecule has 2 heterocycles. The average Bonchev–Trinajstić information content (AvgIpc) is 2.33. The monoisotopic (exact) mass is 269 g/mol. The third-order valence-corrected chi connectivity index (χ3v) is 3.13. The molecule has 0 aromatic carbocycles. The molecule has 96 valence electrons. The number of nitrogens with zero attached hydrogens (tertiary/aromatic N) is 2. The van der Waals surface area contributed by atoms with Crippen molar-refractivity contribution in [3.05, 3.63) is 22.8 Å². The predicted octanol–water partition coefficient (Wildman–Crippen LogP) is 0.758. The Bertz CT molecular complexity index is 506. The number of carbonyl (C=O) groups is 2. The second-order valence-corrected chi connectivity index (χ2v) is 4.37. The van der Waals surface area contributed by atoms with E-state index in [9.17, 15) is 9.59 Å². The molecule has 6 nitrogen and oxygen atoms in total. The molecule has 1 aromatic heterocycles. The number of carbonyl (C=O) groups excluding carboxylic acids is 1. The number of hydrogen-bond acceptors (Lipinski definition) is 4. The lowest BCUT2D eigenvalue weighted by atomic mass is 10.2. The van der Waals surface area contributed by atoms with Crippen LogP contribution < -0.4 is 10.2 Å². The summed E-state index contributed by atoms with van der Waals surface area (Å²) in [6.07, 6.45) is 0. The highest BCUT2D eigenvalue weighted by molar-refractivity contribution is 6.33. The summed E-state index contributed by atoms with van der Waals surface area (Å²) in [5.41, 5.74) is -0.202. The number of rotatable bonds is 2. The van der Waals surface area contributed by atoms with Crippen molar-refractivity contribution in [1.82, 2.24) is 10.3 Å². The molecule has 2 rings (SSSR count). The second kappa shape index (κ2) is 4.81. The molecule has 0 bridgehead atoms. The highest BCUT2D eigenvalue weighted by atomic mass is 35.5. The van der Waals surface area contributed by atoms with E-state index in [0.717, 1.165) is 0 Å². The first-order valence-corrected chi connectivity index (χ1v) is 5.82. The number of halogens is 1. The predicted molar refractivity (Wildman–Crippen MR) is 66.0 cm³/mol. The molecule has 18 heavy (non-hydrogen) atoms. The van der Waals surface area contributed by atoms with Gasteiger partial charge >= 0.3 is 5.97 Å². The van der Waals surface area contributed by atoms with Gasteiger partial charge in [0.25, 0.3) is 0 Å². The number of amides is 1. The van der Waals surface area contributed by atoms with Crippen LogP contribution in [0, 0.1) is 0 Å². The van der Waals surface area contributed by atoms with E-state index in [2.05, 4.69) is 10.3 Å². The van der Waals surface area contributed by atoms with E-state index in [1.54, 1.807) is 17.9 Å². The Hall–Kier alpha value is -1.82. The quantitative estimate of drug-likeness (QED) is 0.828. The van der Waals surface area contributed by atoms with Crippen molar-refractivity contribution >= 4 is 29.3 Å². The largest absolute Gasteiger partial charge is 0.476 e. The Kier molecular flexibility index (Phi) is 3.38. The summed E-state index contributed by atoms with van der Waals surface area (Å²) in [7, 11) is 0. The first kappa shape index (κ1) is 12.6. The molecule has 0 radical (unpaired) electrons. The van der Waals surface area contributed by atoms with Crippen LogP contribution in [0.5, 0.6) is 0 Å². The highest BCUT2D eigenvalue weighted by Crippen LogP contribution is 2.21. The molecule has 1 atom stereocenters. The Labute approximate surface area is 109 Å². The minimum Gasteiger partial charge on any atom is -0.476 e. The molecule has 1 saturated heterocycles. The van der Waals surface area contributed by atoms with Gasteiger partial charge < -0.3 is 15.3 Å². The Morgan fingerprint density at radius 2 is 2.33 bits per heavy atom. The number of aromatic nitrogens is 1. The smallest absolute Gasteiger partial charge is 0.356 e. The molecule has 1 amide bonds. The van der Waals surface area contributed by atoms with Crippen LogP contribution >= 0.6 is 11.6 Å². The minimum atomic E-state index is -1.18. The Morgan fingerprint density at radius 3 is 3.00 bits per heavy atom.